The zero-order valence-electron chi connectivity index (χ0n) is 13.7. The van der Waals surface area contributed by atoms with Crippen LogP contribution in [0.25, 0.3) is 0 Å². The molecule has 0 aromatic heterocycles. The van der Waals surface area contributed by atoms with Crippen LogP contribution < -0.4 is 16.0 Å². The van der Waals surface area contributed by atoms with E-state index < -0.39 is 0 Å². The fourth-order valence-electron chi connectivity index (χ4n) is 2.92. The highest BCUT2D eigenvalue weighted by Crippen LogP contribution is 2.24. The number of hydrogen-bond acceptors (Lipinski definition) is 3. The summed E-state index contributed by atoms with van der Waals surface area (Å²) in [7, 11) is 0. The van der Waals surface area contributed by atoms with Crippen LogP contribution in [-0.4, -0.2) is 24.9 Å². The Morgan fingerprint density at radius 1 is 1.13 bits per heavy atom. The predicted octanol–water partition coefficient (Wildman–Crippen LogP) is 3.03. The lowest BCUT2D eigenvalue weighted by Crippen LogP contribution is -2.32. The monoisotopic (exact) mass is 339 g/mol. The largest absolute Gasteiger partial charge is 0.326 e. The number of hydrogen-bond donors (Lipinski definition) is 3. The Morgan fingerprint density at radius 3 is 2.17 bits per heavy atom. The second-order valence-corrected chi connectivity index (χ2v) is 6.08. The van der Waals surface area contributed by atoms with Crippen molar-refractivity contribution in [3.63, 3.8) is 0 Å². The van der Waals surface area contributed by atoms with Crippen molar-refractivity contribution < 1.29 is 9.59 Å². The van der Waals surface area contributed by atoms with Crippen LogP contribution in [0.2, 0.25) is 0 Å². The van der Waals surface area contributed by atoms with Gasteiger partial charge >= 0.3 is 0 Å². The first-order chi connectivity index (χ1) is 10.5. The third-order valence-corrected chi connectivity index (χ3v) is 4.18. The third-order valence-electron chi connectivity index (χ3n) is 4.18. The van der Waals surface area contributed by atoms with E-state index in [1.54, 1.807) is 24.3 Å². The van der Waals surface area contributed by atoms with Gasteiger partial charge in [0, 0.05) is 24.7 Å². The van der Waals surface area contributed by atoms with Gasteiger partial charge in [0.2, 0.25) is 11.8 Å². The topological polar surface area (TPSA) is 70.2 Å². The van der Waals surface area contributed by atoms with E-state index in [9.17, 15) is 9.59 Å². The van der Waals surface area contributed by atoms with Crippen LogP contribution in [0.1, 0.15) is 33.1 Å². The molecule has 128 valence electrons. The lowest BCUT2D eigenvalue weighted by Gasteiger charge is -2.27. The van der Waals surface area contributed by atoms with Crippen molar-refractivity contribution in [2.45, 2.75) is 33.1 Å². The van der Waals surface area contributed by atoms with Gasteiger partial charge in [-0.25, -0.2) is 0 Å². The molecule has 5 nitrogen and oxygen atoms in total. The van der Waals surface area contributed by atoms with Crippen LogP contribution in [0.3, 0.4) is 0 Å². The summed E-state index contributed by atoms with van der Waals surface area (Å²) in [6.45, 7) is 5.75. The molecule has 23 heavy (non-hydrogen) atoms. The number of halogens is 1. The summed E-state index contributed by atoms with van der Waals surface area (Å²) in [5.41, 5.74) is 1.49. The number of nitrogens with one attached hydrogen (secondary N) is 3. The molecular weight excluding hydrogens is 314 g/mol. The quantitative estimate of drug-likeness (QED) is 0.772. The Kier molecular flexibility index (Phi) is 8.06. The summed E-state index contributed by atoms with van der Waals surface area (Å²) in [5, 5.41) is 8.98. The molecule has 0 saturated carbocycles. The van der Waals surface area contributed by atoms with Gasteiger partial charge in [-0.1, -0.05) is 6.92 Å². The van der Waals surface area contributed by atoms with Crippen LogP contribution in [0, 0.1) is 11.8 Å². The molecule has 3 N–H and O–H groups in total. The van der Waals surface area contributed by atoms with Gasteiger partial charge in [-0.05, 0) is 62.0 Å². The Hall–Kier alpha value is -1.59. The van der Waals surface area contributed by atoms with Gasteiger partial charge in [-0.15, -0.1) is 12.4 Å². The van der Waals surface area contributed by atoms with E-state index in [2.05, 4.69) is 22.9 Å². The Labute approximate surface area is 144 Å². The molecule has 1 heterocycles. The SMILES string of the molecule is CC(=O)Nc1ccc(NC(=O)CC(C)C2CCNCC2)cc1.Cl. The van der Waals surface area contributed by atoms with Crippen molar-refractivity contribution in [3.8, 4) is 0 Å². The van der Waals surface area contributed by atoms with E-state index >= 15 is 0 Å². The minimum atomic E-state index is -0.104. The maximum atomic E-state index is 12.1. The number of carbonyl (C=O) groups is 2. The molecule has 1 fully saturated rings. The zero-order chi connectivity index (χ0) is 15.9. The predicted molar refractivity (Wildman–Crippen MR) is 96.0 cm³/mol. The average molecular weight is 340 g/mol. The molecule has 1 aliphatic rings. The van der Waals surface area contributed by atoms with Crippen molar-refractivity contribution in [2.24, 2.45) is 11.8 Å². The maximum Gasteiger partial charge on any atom is 0.224 e. The van der Waals surface area contributed by atoms with E-state index in [1.165, 1.54) is 6.92 Å². The summed E-state index contributed by atoms with van der Waals surface area (Å²) in [4.78, 5) is 23.1. The molecule has 6 heteroatoms. The molecule has 2 amide bonds. The second-order valence-electron chi connectivity index (χ2n) is 6.08. The Morgan fingerprint density at radius 2 is 1.65 bits per heavy atom. The summed E-state index contributed by atoms with van der Waals surface area (Å²) in [6, 6.07) is 7.18. The number of amides is 2. The molecule has 2 rings (SSSR count). The fraction of sp³-hybridized carbons (Fsp3) is 0.529. The number of rotatable bonds is 5. The molecule has 0 aliphatic carbocycles. The highest BCUT2D eigenvalue weighted by molar-refractivity contribution is 5.92. The highest BCUT2D eigenvalue weighted by Gasteiger charge is 2.21. The third kappa shape index (κ3) is 6.59. The number of benzene rings is 1. The molecule has 0 bridgehead atoms. The highest BCUT2D eigenvalue weighted by atomic mass is 35.5. The average Bonchev–Trinajstić information content (AvgIpc) is 2.49. The standard InChI is InChI=1S/C17H25N3O2.ClH/c1-12(14-7-9-18-10-8-14)11-17(22)20-16-5-3-15(4-6-16)19-13(2)21;/h3-6,12,14,18H,7-11H2,1-2H3,(H,19,21)(H,20,22);1H. The number of piperidine rings is 1. The van der Waals surface area contributed by atoms with Crippen LogP contribution in [-0.2, 0) is 9.59 Å². The number of anilines is 2. The number of carbonyl (C=O) groups excluding carboxylic acids is 2. The van der Waals surface area contributed by atoms with Gasteiger partial charge in [0.1, 0.15) is 0 Å². The van der Waals surface area contributed by atoms with Gasteiger partial charge in [-0.2, -0.15) is 0 Å². The van der Waals surface area contributed by atoms with Crippen molar-refractivity contribution in [1.82, 2.24) is 5.32 Å². The smallest absolute Gasteiger partial charge is 0.224 e. The Bertz CT molecular complexity index is 513. The van der Waals surface area contributed by atoms with Crippen molar-refractivity contribution in [3.05, 3.63) is 24.3 Å². The lowest BCUT2D eigenvalue weighted by atomic mass is 9.84. The van der Waals surface area contributed by atoms with E-state index in [1.807, 2.05) is 0 Å². The summed E-state index contributed by atoms with van der Waals surface area (Å²) >= 11 is 0. The molecule has 1 unspecified atom stereocenters. The minimum Gasteiger partial charge on any atom is -0.326 e. The van der Waals surface area contributed by atoms with Crippen molar-refractivity contribution in [2.75, 3.05) is 23.7 Å². The Balaban J connectivity index is 0.00000264. The van der Waals surface area contributed by atoms with Crippen molar-refractivity contribution in [1.29, 1.82) is 0 Å². The fourth-order valence-corrected chi connectivity index (χ4v) is 2.92. The first-order valence-electron chi connectivity index (χ1n) is 7.93. The summed E-state index contributed by atoms with van der Waals surface area (Å²) in [5.74, 6) is 0.987. The lowest BCUT2D eigenvalue weighted by molar-refractivity contribution is -0.117. The maximum absolute atomic E-state index is 12.1. The van der Waals surface area contributed by atoms with Gasteiger partial charge < -0.3 is 16.0 Å². The molecule has 1 aliphatic heterocycles. The van der Waals surface area contributed by atoms with Crippen LogP contribution in [0.5, 0.6) is 0 Å². The molecule has 0 spiro atoms. The minimum absolute atomic E-state index is 0. The molecule has 1 aromatic carbocycles. The summed E-state index contributed by atoms with van der Waals surface area (Å²) in [6.07, 6.45) is 2.86. The van der Waals surface area contributed by atoms with E-state index in [0.29, 0.717) is 18.3 Å². The first-order valence-corrected chi connectivity index (χ1v) is 7.93. The zero-order valence-corrected chi connectivity index (χ0v) is 14.5. The van der Waals surface area contributed by atoms with Gasteiger partial charge in [0.25, 0.3) is 0 Å². The van der Waals surface area contributed by atoms with Gasteiger partial charge in [-0.3, -0.25) is 9.59 Å². The molecule has 1 aromatic rings. The van der Waals surface area contributed by atoms with E-state index in [4.69, 9.17) is 0 Å². The van der Waals surface area contributed by atoms with E-state index in [-0.39, 0.29) is 24.2 Å². The van der Waals surface area contributed by atoms with Gasteiger partial charge in [0.05, 0.1) is 0 Å². The molecule has 1 saturated heterocycles. The second kappa shape index (κ2) is 9.53. The van der Waals surface area contributed by atoms with E-state index in [0.717, 1.165) is 37.3 Å². The van der Waals surface area contributed by atoms with Gasteiger partial charge in [0.15, 0.2) is 0 Å². The van der Waals surface area contributed by atoms with Crippen LogP contribution >= 0.6 is 12.4 Å². The molecule has 0 radical (unpaired) electrons. The molecule has 1 atom stereocenters. The normalized spacial score (nSPS) is 16.1. The molecular formula is C17H26ClN3O2. The van der Waals surface area contributed by atoms with Crippen LogP contribution in [0.15, 0.2) is 24.3 Å². The first kappa shape index (κ1) is 19.5. The van der Waals surface area contributed by atoms with Crippen LogP contribution in [0.4, 0.5) is 11.4 Å². The van der Waals surface area contributed by atoms with Crippen molar-refractivity contribution >= 4 is 35.6 Å². The summed E-state index contributed by atoms with van der Waals surface area (Å²) < 4.78 is 0.